The molecule has 2 fully saturated rings. The molecule has 7 heteroatoms. The van der Waals surface area contributed by atoms with Gasteiger partial charge in [0.2, 0.25) is 5.88 Å². The highest BCUT2D eigenvalue weighted by atomic mass is 16.5. The zero-order chi connectivity index (χ0) is 15.4. The average molecular weight is 305 g/mol. The minimum atomic E-state index is -0.0811. The summed E-state index contributed by atoms with van der Waals surface area (Å²) in [7, 11) is 1.54. The second kappa shape index (κ2) is 6.91. The third-order valence-corrected chi connectivity index (χ3v) is 4.39. The van der Waals surface area contributed by atoms with Crippen molar-refractivity contribution in [3.8, 4) is 5.88 Å². The Kier molecular flexibility index (Phi) is 4.72. The SMILES string of the molecule is COc1cc(NC(=O)N2CCC[C@@H]2CN2CCCC2)ncn1. The van der Waals surface area contributed by atoms with E-state index in [1.807, 2.05) is 4.90 Å². The summed E-state index contributed by atoms with van der Waals surface area (Å²) in [6.07, 6.45) is 6.09. The Morgan fingerprint density at radius 1 is 1.32 bits per heavy atom. The highest BCUT2D eigenvalue weighted by Crippen LogP contribution is 2.21. The molecule has 0 radical (unpaired) electrons. The highest BCUT2D eigenvalue weighted by molar-refractivity contribution is 5.88. The fourth-order valence-electron chi connectivity index (χ4n) is 3.26. The van der Waals surface area contributed by atoms with Gasteiger partial charge in [0, 0.05) is 25.2 Å². The third-order valence-electron chi connectivity index (χ3n) is 4.39. The molecule has 0 unspecified atom stereocenters. The first kappa shape index (κ1) is 15.0. The fourth-order valence-corrected chi connectivity index (χ4v) is 3.26. The summed E-state index contributed by atoms with van der Waals surface area (Å²) < 4.78 is 5.05. The first-order valence-electron chi connectivity index (χ1n) is 7.92. The molecule has 3 rings (SSSR count). The number of urea groups is 1. The van der Waals surface area contributed by atoms with Gasteiger partial charge in [0.15, 0.2) is 0 Å². The van der Waals surface area contributed by atoms with Crippen LogP contribution in [0.5, 0.6) is 5.88 Å². The number of nitrogens with one attached hydrogen (secondary N) is 1. The van der Waals surface area contributed by atoms with Gasteiger partial charge in [-0.25, -0.2) is 14.8 Å². The van der Waals surface area contributed by atoms with Gasteiger partial charge in [-0.1, -0.05) is 0 Å². The zero-order valence-electron chi connectivity index (χ0n) is 13.0. The number of methoxy groups -OCH3 is 1. The molecule has 22 heavy (non-hydrogen) atoms. The van der Waals surface area contributed by atoms with E-state index in [0.29, 0.717) is 17.7 Å². The minimum Gasteiger partial charge on any atom is -0.481 e. The van der Waals surface area contributed by atoms with Crippen molar-refractivity contribution in [2.24, 2.45) is 0 Å². The molecule has 1 aromatic heterocycles. The molecule has 120 valence electrons. The fraction of sp³-hybridized carbons (Fsp3) is 0.667. The Bertz CT molecular complexity index is 518. The molecule has 1 aromatic rings. The van der Waals surface area contributed by atoms with Crippen LogP contribution in [0.1, 0.15) is 25.7 Å². The number of hydrogen-bond donors (Lipinski definition) is 1. The standard InChI is InChI=1S/C15H23N5O2/c1-22-14-9-13(16-11-17-14)18-15(21)20-8-4-5-12(20)10-19-6-2-3-7-19/h9,11-12H,2-8,10H2,1H3,(H,16,17,18,21)/t12-/m1/s1. The van der Waals surface area contributed by atoms with Crippen LogP contribution in [0.25, 0.3) is 0 Å². The molecule has 1 N–H and O–H groups in total. The number of aromatic nitrogens is 2. The number of carbonyl (C=O) groups excluding carboxylic acids is 1. The molecule has 0 spiro atoms. The lowest BCUT2D eigenvalue weighted by molar-refractivity contribution is 0.186. The van der Waals surface area contributed by atoms with Gasteiger partial charge in [-0.15, -0.1) is 0 Å². The van der Waals surface area contributed by atoms with E-state index in [1.54, 1.807) is 13.2 Å². The molecule has 0 saturated carbocycles. The normalized spacial score (nSPS) is 22.0. The van der Waals surface area contributed by atoms with Crippen LogP contribution in [-0.4, -0.2) is 65.1 Å². The Hall–Kier alpha value is -1.89. The smallest absolute Gasteiger partial charge is 0.323 e. The maximum atomic E-state index is 12.5. The van der Waals surface area contributed by atoms with Crippen molar-refractivity contribution in [3.63, 3.8) is 0 Å². The van der Waals surface area contributed by atoms with Gasteiger partial charge in [-0.05, 0) is 38.8 Å². The van der Waals surface area contributed by atoms with Gasteiger partial charge >= 0.3 is 6.03 Å². The number of rotatable bonds is 4. The quantitative estimate of drug-likeness (QED) is 0.914. The summed E-state index contributed by atoms with van der Waals surface area (Å²) in [6.45, 7) is 4.12. The monoisotopic (exact) mass is 305 g/mol. The molecule has 0 bridgehead atoms. The van der Waals surface area contributed by atoms with Crippen molar-refractivity contribution < 1.29 is 9.53 Å². The number of ether oxygens (including phenoxy) is 1. The Morgan fingerprint density at radius 3 is 2.91 bits per heavy atom. The molecular formula is C15H23N5O2. The van der Waals surface area contributed by atoms with Crippen molar-refractivity contribution in [1.29, 1.82) is 0 Å². The van der Waals surface area contributed by atoms with Gasteiger partial charge in [0.1, 0.15) is 12.1 Å². The molecule has 2 amide bonds. The molecule has 2 saturated heterocycles. The van der Waals surface area contributed by atoms with E-state index in [4.69, 9.17) is 4.74 Å². The molecule has 0 aromatic carbocycles. The summed E-state index contributed by atoms with van der Waals surface area (Å²) in [4.78, 5) is 24.9. The molecule has 0 aliphatic carbocycles. The Balaban J connectivity index is 1.60. The van der Waals surface area contributed by atoms with E-state index < -0.39 is 0 Å². The van der Waals surface area contributed by atoms with E-state index in [9.17, 15) is 4.79 Å². The van der Waals surface area contributed by atoms with Gasteiger partial charge in [-0.2, -0.15) is 0 Å². The minimum absolute atomic E-state index is 0.0811. The lowest BCUT2D eigenvalue weighted by Gasteiger charge is -2.28. The molecular weight excluding hydrogens is 282 g/mol. The third kappa shape index (κ3) is 3.47. The van der Waals surface area contributed by atoms with Gasteiger partial charge in [0.05, 0.1) is 7.11 Å². The van der Waals surface area contributed by atoms with E-state index in [2.05, 4.69) is 20.2 Å². The van der Waals surface area contributed by atoms with Crippen LogP contribution in [0.15, 0.2) is 12.4 Å². The molecule has 2 aliphatic heterocycles. The van der Waals surface area contributed by atoms with Crippen molar-refractivity contribution in [1.82, 2.24) is 19.8 Å². The van der Waals surface area contributed by atoms with E-state index >= 15 is 0 Å². The topological polar surface area (TPSA) is 70.6 Å². The van der Waals surface area contributed by atoms with Crippen LogP contribution in [0.4, 0.5) is 10.6 Å². The Morgan fingerprint density at radius 2 is 2.14 bits per heavy atom. The summed E-state index contributed by atoms with van der Waals surface area (Å²) >= 11 is 0. The molecule has 1 atom stereocenters. The van der Waals surface area contributed by atoms with Crippen LogP contribution in [0, 0.1) is 0 Å². The van der Waals surface area contributed by atoms with Crippen molar-refractivity contribution in [3.05, 3.63) is 12.4 Å². The van der Waals surface area contributed by atoms with Crippen molar-refractivity contribution in [2.45, 2.75) is 31.7 Å². The van der Waals surface area contributed by atoms with E-state index in [1.165, 1.54) is 19.2 Å². The van der Waals surface area contributed by atoms with Crippen LogP contribution < -0.4 is 10.1 Å². The number of hydrogen-bond acceptors (Lipinski definition) is 5. The van der Waals surface area contributed by atoms with Crippen molar-refractivity contribution >= 4 is 11.8 Å². The maximum Gasteiger partial charge on any atom is 0.323 e. The van der Waals surface area contributed by atoms with Crippen molar-refractivity contribution in [2.75, 3.05) is 38.6 Å². The lowest BCUT2D eigenvalue weighted by atomic mass is 10.2. The lowest BCUT2D eigenvalue weighted by Crippen LogP contribution is -2.44. The van der Waals surface area contributed by atoms with Gasteiger partial charge in [-0.3, -0.25) is 5.32 Å². The van der Waals surface area contributed by atoms with Gasteiger partial charge in [0.25, 0.3) is 0 Å². The summed E-state index contributed by atoms with van der Waals surface area (Å²) in [5.74, 6) is 0.920. The largest absolute Gasteiger partial charge is 0.481 e. The maximum absolute atomic E-state index is 12.5. The predicted molar refractivity (Wildman–Crippen MR) is 83.0 cm³/mol. The van der Waals surface area contributed by atoms with E-state index in [-0.39, 0.29) is 6.03 Å². The predicted octanol–water partition coefficient (Wildman–Crippen LogP) is 1.58. The molecule has 7 nitrogen and oxygen atoms in total. The zero-order valence-corrected chi connectivity index (χ0v) is 13.0. The van der Waals surface area contributed by atoms with Crippen LogP contribution in [0.2, 0.25) is 0 Å². The number of likely N-dealkylation sites (tertiary alicyclic amines) is 2. The molecule has 3 heterocycles. The molecule has 2 aliphatic rings. The van der Waals surface area contributed by atoms with Gasteiger partial charge < -0.3 is 14.5 Å². The number of nitrogens with zero attached hydrogens (tertiary/aromatic N) is 4. The first-order chi connectivity index (χ1) is 10.8. The summed E-state index contributed by atoms with van der Waals surface area (Å²) in [5, 5.41) is 2.85. The Labute approximate surface area is 130 Å². The summed E-state index contributed by atoms with van der Waals surface area (Å²) in [5.41, 5.74) is 0. The van der Waals surface area contributed by atoms with E-state index in [0.717, 1.165) is 39.0 Å². The number of carbonyl (C=O) groups is 1. The first-order valence-corrected chi connectivity index (χ1v) is 7.92. The summed E-state index contributed by atoms with van der Waals surface area (Å²) in [6, 6.07) is 1.85. The second-order valence-corrected chi connectivity index (χ2v) is 5.87. The van der Waals surface area contributed by atoms with Crippen LogP contribution in [0.3, 0.4) is 0 Å². The average Bonchev–Trinajstić information content (AvgIpc) is 3.19. The second-order valence-electron chi connectivity index (χ2n) is 5.87. The number of amides is 2. The van der Waals surface area contributed by atoms with Crippen LogP contribution >= 0.6 is 0 Å². The highest BCUT2D eigenvalue weighted by Gasteiger charge is 2.31. The van der Waals surface area contributed by atoms with Crippen LogP contribution in [-0.2, 0) is 0 Å². The number of anilines is 1.